The van der Waals surface area contributed by atoms with E-state index in [1.165, 1.54) is 0 Å². The quantitative estimate of drug-likeness (QED) is 0.128. The number of rotatable bonds is 13. The lowest BCUT2D eigenvalue weighted by Crippen LogP contribution is -2.48. The van der Waals surface area contributed by atoms with Crippen LogP contribution in [-0.4, -0.2) is 39.4 Å². The van der Waals surface area contributed by atoms with Crippen LogP contribution < -0.4 is 5.32 Å². The van der Waals surface area contributed by atoms with E-state index in [4.69, 9.17) is 0 Å². The first-order chi connectivity index (χ1) is 21.9. The molecule has 7 heteroatoms. The molecule has 3 N–H and O–H groups in total. The van der Waals surface area contributed by atoms with Gasteiger partial charge in [-0.2, -0.15) is 0 Å². The van der Waals surface area contributed by atoms with Crippen molar-refractivity contribution in [1.82, 2.24) is 15.2 Å². The molecule has 0 aliphatic heterocycles. The summed E-state index contributed by atoms with van der Waals surface area (Å²) in [7, 11) is 0. The van der Waals surface area contributed by atoms with Crippen LogP contribution in [-0.2, 0) is 22.4 Å². The Labute approximate surface area is 263 Å². The normalized spacial score (nSPS) is 12.4. The van der Waals surface area contributed by atoms with Crippen LogP contribution in [0.25, 0.3) is 22.0 Å². The van der Waals surface area contributed by atoms with Crippen LogP contribution in [0.4, 0.5) is 4.79 Å². The van der Waals surface area contributed by atoms with E-state index in [0.29, 0.717) is 25.7 Å². The highest BCUT2D eigenvalue weighted by molar-refractivity contribution is 5.97. The number of hydrogen-bond donors (Lipinski definition) is 3. The smallest absolute Gasteiger partial charge is 0.324 e. The third-order valence-electron chi connectivity index (χ3n) is 8.25. The number of nitrogens with one attached hydrogen (secondary N) is 2. The summed E-state index contributed by atoms with van der Waals surface area (Å²) < 4.78 is 0. The van der Waals surface area contributed by atoms with Crippen molar-refractivity contribution >= 4 is 28.8 Å². The summed E-state index contributed by atoms with van der Waals surface area (Å²) in [6.07, 6.45) is 3.82. The van der Waals surface area contributed by atoms with Crippen molar-refractivity contribution in [1.29, 1.82) is 0 Å². The molecule has 0 fully saturated rings. The van der Waals surface area contributed by atoms with E-state index >= 15 is 0 Å². The Balaban J connectivity index is 1.28. The number of benzene rings is 4. The van der Waals surface area contributed by atoms with Gasteiger partial charge in [0, 0.05) is 29.6 Å². The van der Waals surface area contributed by atoms with Gasteiger partial charge in [0.2, 0.25) is 5.91 Å². The molecular formula is C38H39N3O4. The summed E-state index contributed by atoms with van der Waals surface area (Å²) in [5.74, 6) is -2.33. The highest BCUT2D eigenvalue weighted by Gasteiger charge is 2.31. The molecule has 2 atom stereocenters. The molecule has 1 heterocycles. The number of carbonyl (C=O) groups is 3. The molecule has 0 aliphatic rings. The summed E-state index contributed by atoms with van der Waals surface area (Å²) in [6.45, 7) is 1.87. The van der Waals surface area contributed by atoms with Crippen LogP contribution >= 0.6 is 0 Å². The van der Waals surface area contributed by atoms with Crippen molar-refractivity contribution in [3.05, 3.63) is 132 Å². The van der Waals surface area contributed by atoms with Gasteiger partial charge in [-0.1, -0.05) is 103 Å². The Kier molecular flexibility index (Phi) is 10.4. The number of carboxylic acids is 1. The Morgan fingerprint density at radius 1 is 0.844 bits per heavy atom. The molecule has 45 heavy (non-hydrogen) atoms. The largest absolute Gasteiger partial charge is 0.481 e. The maximum atomic E-state index is 13.7. The van der Waals surface area contributed by atoms with Crippen molar-refractivity contribution in [3.63, 3.8) is 0 Å². The number of urea groups is 1. The molecule has 0 radical (unpaired) electrons. The zero-order valence-corrected chi connectivity index (χ0v) is 25.5. The minimum Gasteiger partial charge on any atom is -0.481 e. The van der Waals surface area contributed by atoms with Gasteiger partial charge in [0.1, 0.15) is 0 Å². The molecule has 0 saturated heterocycles. The van der Waals surface area contributed by atoms with E-state index < -0.39 is 29.9 Å². The van der Waals surface area contributed by atoms with Gasteiger partial charge in [-0.3, -0.25) is 14.5 Å². The lowest BCUT2D eigenvalue weighted by Gasteiger charge is -2.27. The molecule has 3 amide bonds. The highest BCUT2D eigenvalue weighted by atomic mass is 16.4. The first-order valence-corrected chi connectivity index (χ1v) is 15.5. The van der Waals surface area contributed by atoms with Crippen molar-refractivity contribution in [2.45, 2.75) is 45.1 Å². The van der Waals surface area contributed by atoms with Gasteiger partial charge in [-0.15, -0.1) is 0 Å². The fraction of sp³-hybridized carbons (Fsp3) is 0.237. The fourth-order valence-electron chi connectivity index (χ4n) is 5.92. The van der Waals surface area contributed by atoms with E-state index in [1.807, 2.05) is 91.1 Å². The summed E-state index contributed by atoms with van der Waals surface area (Å²) >= 11 is 0. The Bertz CT molecular complexity index is 1730. The number of H-pyrrole nitrogens is 1. The predicted octanol–water partition coefficient (Wildman–Crippen LogP) is 7.79. The Morgan fingerprint density at radius 2 is 1.53 bits per heavy atom. The van der Waals surface area contributed by atoms with Crippen molar-refractivity contribution in [3.8, 4) is 11.1 Å². The van der Waals surface area contributed by atoms with Crippen LogP contribution in [0.15, 0.2) is 115 Å². The van der Waals surface area contributed by atoms with Crippen LogP contribution in [0.2, 0.25) is 0 Å². The summed E-state index contributed by atoms with van der Waals surface area (Å²) in [4.78, 5) is 43.7. The molecule has 0 bridgehead atoms. The molecule has 7 nitrogen and oxygen atoms in total. The van der Waals surface area contributed by atoms with E-state index in [-0.39, 0.29) is 13.0 Å². The molecule has 1 aromatic heterocycles. The number of imide groups is 1. The monoisotopic (exact) mass is 601 g/mol. The van der Waals surface area contributed by atoms with Gasteiger partial charge < -0.3 is 15.4 Å². The van der Waals surface area contributed by atoms with Crippen LogP contribution in [0.3, 0.4) is 0 Å². The lowest BCUT2D eigenvalue weighted by atomic mass is 9.94. The minimum absolute atomic E-state index is 0.133. The second-order valence-electron chi connectivity index (χ2n) is 11.3. The molecular weight excluding hydrogens is 562 g/mol. The minimum atomic E-state index is -1.06. The molecule has 0 aliphatic carbocycles. The van der Waals surface area contributed by atoms with E-state index in [1.54, 1.807) is 6.92 Å². The number of carbonyl (C=O) groups excluding carboxylic acids is 2. The molecule has 0 spiro atoms. The second-order valence-corrected chi connectivity index (χ2v) is 11.3. The number of hydrogen-bond acceptors (Lipinski definition) is 3. The SMILES string of the molecule is CCN(C(=O)NC(Cc1c[nH]c2ccccc12)c1ccccc1)C(=O)C(CCCc1cccc(-c2ccccc2)c1)CC(=O)O. The Morgan fingerprint density at radius 3 is 2.27 bits per heavy atom. The number of aromatic amines is 1. The van der Waals surface area contributed by atoms with Gasteiger partial charge in [0.15, 0.2) is 0 Å². The summed E-state index contributed by atoms with van der Waals surface area (Å²) in [6, 6.07) is 35.1. The number of nitrogens with zero attached hydrogens (tertiary/aromatic N) is 1. The number of fused-ring (bicyclic) bond motifs is 1. The average Bonchev–Trinajstić information content (AvgIpc) is 3.47. The maximum absolute atomic E-state index is 13.7. The zero-order valence-electron chi connectivity index (χ0n) is 25.5. The van der Waals surface area contributed by atoms with Crippen molar-refractivity contribution in [2.75, 3.05) is 6.54 Å². The second kappa shape index (κ2) is 15.0. The number of amides is 3. The van der Waals surface area contributed by atoms with Crippen LogP contribution in [0.1, 0.15) is 48.9 Å². The highest BCUT2D eigenvalue weighted by Crippen LogP contribution is 2.26. The molecule has 2 unspecified atom stereocenters. The number of aromatic nitrogens is 1. The molecule has 230 valence electrons. The zero-order chi connectivity index (χ0) is 31.6. The fourth-order valence-corrected chi connectivity index (χ4v) is 5.92. The molecule has 5 aromatic rings. The van der Waals surface area contributed by atoms with Gasteiger partial charge in [0.05, 0.1) is 12.5 Å². The maximum Gasteiger partial charge on any atom is 0.324 e. The number of carboxylic acid groups (broad SMARTS) is 1. The van der Waals surface area contributed by atoms with Gasteiger partial charge >= 0.3 is 12.0 Å². The van der Waals surface area contributed by atoms with Crippen molar-refractivity contribution in [2.24, 2.45) is 5.92 Å². The van der Waals surface area contributed by atoms with Crippen molar-refractivity contribution < 1.29 is 19.5 Å². The van der Waals surface area contributed by atoms with Crippen LogP contribution in [0, 0.1) is 5.92 Å². The summed E-state index contributed by atoms with van der Waals surface area (Å²) in [5, 5.41) is 13.8. The standard InChI is InChI=1S/C38H39N3O4/c1-2-41(38(45)40-35(29-17-7-4-8-18-29)24-32-26-39-34-22-10-9-21-33(32)34)37(44)31(25-36(42)43)20-12-14-27-13-11-19-30(23-27)28-15-5-3-6-16-28/h3-11,13,15-19,21-23,26,31,35,39H,2,12,14,20,24-25H2,1H3,(H,40,45)(H,42,43). The first kappa shape index (κ1) is 31.3. The van der Waals surface area contributed by atoms with E-state index in [9.17, 15) is 19.5 Å². The average molecular weight is 602 g/mol. The molecule has 4 aromatic carbocycles. The van der Waals surface area contributed by atoms with E-state index in [0.717, 1.165) is 43.6 Å². The first-order valence-electron chi connectivity index (χ1n) is 15.5. The van der Waals surface area contributed by atoms with Gasteiger partial charge in [-0.25, -0.2) is 4.79 Å². The topological polar surface area (TPSA) is 103 Å². The third-order valence-corrected chi connectivity index (χ3v) is 8.25. The number of para-hydroxylation sites is 1. The third kappa shape index (κ3) is 8.06. The molecule has 0 saturated carbocycles. The van der Waals surface area contributed by atoms with Crippen LogP contribution in [0.5, 0.6) is 0 Å². The number of aryl methyl sites for hydroxylation is 1. The number of aliphatic carboxylic acids is 1. The van der Waals surface area contributed by atoms with Gasteiger partial charge in [0.25, 0.3) is 0 Å². The van der Waals surface area contributed by atoms with E-state index in [2.05, 4.69) is 34.6 Å². The Hall–Kier alpha value is -5.17. The molecule has 5 rings (SSSR count). The predicted molar refractivity (Wildman–Crippen MR) is 178 cm³/mol. The lowest BCUT2D eigenvalue weighted by molar-refractivity contribution is -0.143. The van der Waals surface area contributed by atoms with Gasteiger partial charge in [-0.05, 0) is 66.5 Å². The summed E-state index contributed by atoms with van der Waals surface area (Å²) in [5.41, 5.74) is 6.33.